The zero-order chi connectivity index (χ0) is 33.3. The standard InChI is InChI=1S/C28H37BrN8O2.C2HF3O2/c1-34-12-14-36(15-13-34)23-6-10-35(11-7-23)20-21-2-4-22(5-3-21)28(38)33-37(24-8-16-39-17-9-24)27-25(29)19-31-26(18-30)32-27;3-2(4,5)1(6)7/h2-5,19,23-24H,6-17,20H2,1H3,(H,33,38);(H,6,7). The summed E-state index contributed by atoms with van der Waals surface area (Å²) in [4.78, 5) is 38.2. The van der Waals surface area contributed by atoms with Gasteiger partial charge in [0.05, 0.1) is 10.5 Å². The number of hydrogen-bond acceptors (Lipinski definition) is 10. The van der Waals surface area contributed by atoms with Crippen molar-refractivity contribution in [3.8, 4) is 6.07 Å². The molecule has 46 heavy (non-hydrogen) atoms. The number of carboxylic acid groups (broad SMARTS) is 1. The van der Waals surface area contributed by atoms with Crippen LogP contribution in [0.1, 0.15) is 47.4 Å². The second-order valence-electron chi connectivity index (χ2n) is 11.5. The minimum absolute atomic E-state index is 0.00603. The van der Waals surface area contributed by atoms with Gasteiger partial charge in [-0.25, -0.2) is 9.78 Å². The van der Waals surface area contributed by atoms with E-state index in [2.05, 4.69) is 65.2 Å². The van der Waals surface area contributed by atoms with Crippen LogP contribution in [0.3, 0.4) is 0 Å². The Hall–Kier alpha value is -3.36. The molecule has 250 valence electrons. The number of rotatable bonds is 7. The van der Waals surface area contributed by atoms with Crippen LogP contribution < -0.4 is 10.4 Å². The SMILES string of the molecule is CN1CCN(C2CCN(Cc3ccc(C(=O)NN(c4nc(C#N)ncc4Br)C4CCOCC4)cc3)CC2)CC1.O=C(O)C(F)(F)F. The molecule has 3 saturated heterocycles. The maximum Gasteiger partial charge on any atom is 0.490 e. The number of halogens is 4. The molecule has 1 aromatic carbocycles. The first-order chi connectivity index (χ1) is 21.9. The van der Waals surface area contributed by atoms with Gasteiger partial charge < -0.3 is 14.7 Å². The Morgan fingerprint density at radius 3 is 2.26 bits per heavy atom. The highest BCUT2D eigenvalue weighted by Crippen LogP contribution is 2.27. The number of carboxylic acids is 1. The topological polar surface area (TPSA) is 138 Å². The predicted octanol–water partition coefficient (Wildman–Crippen LogP) is 3.29. The van der Waals surface area contributed by atoms with E-state index in [1.807, 2.05) is 18.2 Å². The van der Waals surface area contributed by atoms with E-state index in [4.69, 9.17) is 14.6 Å². The number of amides is 1. The lowest BCUT2D eigenvalue weighted by molar-refractivity contribution is -0.192. The average Bonchev–Trinajstić information content (AvgIpc) is 3.05. The quantitative estimate of drug-likeness (QED) is 0.410. The predicted molar refractivity (Wildman–Crippen MR) is 166 cm³/mol. The monoisotopic (exact) mass is 710 g/mol. The van der Waals surface area contributed by atoms with Crippen molar-refractivity contribution in [1.29, 1.82) is 5.26 Å². The highest BCUT2D eigenvalue weighted by Gasteiger charge is 2.38. The number of likely N-dealkylation sites (tertiary alicyclic amines) is 1. The number of piperidine rings is 1. The molecule has 0 unspecified atom stereocenters. The van der Waals surface area contributed by atoms with Crippen molar-refractivity contribution in [2.45, 2.75) is 50.5 Å². The summed E-state index contributed by atoms with van der Waals surface area (Å²) in [5, 5.41) is 18.2. The summed E-state index contributed by atoms with van der Waals surface area (Å²) in [6.45, 7) is 9.04. The van der Waals surface area contributed by atoms with Crippen molar-refractivity contribution < 1.29 is 32.6 Å². The molecular weight excluding hydrogens is 673 g/mol. The summed E-state index contributed by atoms with van der Waals surface area (Å²) < 4.78 is 37.9. The summed E-state index contributed by atoms with van der Waals surface area (Å²) in [6.07, 6.45) is 0.380. The third kappa shape index (κ3) is 10.1. The lowest BCUT2D eigenvalue weighted by Gasteiger charge is -2.42. The molecule has 0 bridgehead atoms. The van der Waals surface area contributed by atoms with Crippen molar-refractivity contribution >= 4 is 33.6 Å². The second-order valence-corrected chi connectivity index (χ2v) is 12.3. The van der Waals surface area contributed by atoms with E-state index >= 15 is 0 Å². The van der Waals surface area contributed by atoms with Crippen molar-refractivity contribution in [1.82, 2.24) is 30.1 Å². The van der Waals surface area contributed by atoms with Crippen molar-refractivity contribution in [2.24, 2.45) is 0 Å². The number of anilines is 1. The van der Waals surface area contributed by atoms with Crippen LogP contribution in [0.5, 0.6) is 0 Å². The number of ether oxygens (including phenoxy) is 1. The smallest absolute Gasteiger partial charge is 0.475 e. The Morgan fingerprint density at radius 1 is 1.09 bits per heavy atom. The average molecular weight is 712 g/mol. The molecule has 3 aliphatic heterocycles. The first kappa shape index (κ1) is 35.5. The number of nitrogens with one attached hydrogen (secondary N) is 1. The minimum Gasteiger partial charge on any atom is -0.475 e. The highest BCUT2D eigenvalue weighted by atomic mass is 79.9. The van der Waals surface area contributed by atoms with Crippen LogP contribution in [-0.2, 0) is 16.1 Å². The number of aromatic nitrogens is 2. The normalized spacial score (nSPS) is 19.0. The van der Waals surface area contributed by atoms with Crippen LogP contribution in [0.25, 0.3) is 0 Å². The molecule has 0 saturated carbocycles. The number of nitriles is 1. The highest BCUT2D eigenvalue weighted by molar-refractivity contribution is 9.10. The molecule has 0 atom stereocenters. The number of hydrazine groups is 1. The number of likely N-dealkylation sites (N-methyl/N-ethyl adjacent to an activating group) is 1. The maximum atomic E-state index is 13.3. The van der Waals surface area contributed by atoms with Crippen LogP contribution in [0, 0.1) is 11.3 Å². The van der Waals surface area contributed by atoms with Crippen LogP contribution in [-0.4, -0.2) is 119 Å². The van der Waals surface area contributed by atoms with Gasteiger partial charge in [0.2, 0.25) is 5.82 Å². The lowest BCUT2D eigenvalue weighted by atomic mass is 10.0. The molecule has 2 N–H and O–H groups in total. The van der Waals surface area contributed by atoms with E-state index in [0.29, 0.717) is 35.1 Å². The van der Waals surface area contributed by atoms with E-state index in [0.717, 1.165) is 32.5 Å². The summed E-state index contributed by atoms with van der Waals surface area (Å²) in [7, 11) is 2.21. The van der Waals surface area contributed by atoms with Crippen molar-refractivity contribution in [2.75, 3.05) is 64.5 Å². The molecule has 0 radical (unpaired) electrons. The van der Waals surface area contributed by atoms with Gasteiger partial charge in [0.15, 0.2) is 5.82 Å². The van der Waals surface area contributed by atoms with Gasteiger partial charge in [0.1, 0.15) is 6.07 Å². The Kier molecular flexibility index (Phi) is 12.7. The molecule has 1 aromatic heterocycles. The van der Waals surface area contributed by atoms with E-state index in [9.17, 15) is 23.2 Å². The summed E-state index contributed by atoms with van der Waals surface area (Å²) in [6, 6.07) is 10.6. The third-order valence-electron chi connectivity index (χ3n) is 8.31. The van der Waals surface area contributed by atoms with Crippen molar-refractivity contribution in [3.05, 3.63) is 51.9 Å². The van der Waals surface area contributed by atoms with Gasteiger partial charge in [-0.05, 0) is 79.4 Å². The molecule has 1 amide bonds. The molecular formula is C30H38BrF3N8O4. The van der Waals surface area contributed by atoms with Gasteiger partial charge in [-0.15, -0.1) is 0 Å². The molecule has 0 spiro atoms. The summed E-state index contributed by atoms with van der Waals surface area (Å²) in [5.74, 6) is -2.45. The second kappa shape index (κ2) is 16.5. The van der Waals surface area contributed by atoms with Gasteiger partial charge >= 0.3 is 12.1 Å². The fraction of sp³-hybridized carbons (Fsp3) is 0.567. The number of piperazine rings is 1. The zero-order valence-electron chi connectivity index (χ0n) is 25.5. The number of carbonyl (C=O) groups is 2. The molecule has 3 aliphatic rings. The molecule has 2 aromatic rings. The molecule has 5 rings (SSSR count). The first-order valence-electron chi connectivity index (χ1n) is 15.1. The van der Waals surface area contributed by atoms with Gasteiger partial charge in [-0.2, -0.15) is 23.4 Å². The number of hydrogen-bond donors (Lipinski definition) is 2. The Balaban J connectivity index is 0.000000617. The van der Waals surface area contributed by atoms with Crippen LogP contribution >= 0.6 is 15.9 Å². The third-order valence-corrected chi connectivity index (χ3v) is 8.87. The minimum atomic E-state index is -5.08. The van der Waals surface area contributed by atoms with E-state index in [1.165, 1.54) is 44.6 Å². The molecule has 16 heteroatoms. The van der Waals surface area contributed by atoms with Gasteiger partial charge in [-0.3, -0.25) is 25.0 Å². The van der Waals surface area contributed by atoms with E-state index in [-0.39, 0.29) is 17.8 Å². The number of nitrogens with zero attached hydrogens (tertiary/aromatic N) is 7. The Bertz CT molecular complexity index is 1360. The van der Waals surface area contributed by atoms with Crippen LogP contribution in [0.2, 0.25) is 0 Å². The maximum absolute atomic E-state index is 13.3. The van der Waals surface area contributed by atoms with E-state index in [1.54, 1.807) is 11.2 Å². The summed E-state index contributed by atoms with van der Waals surface area (Å²) in [5.41, 5.74) is 4.83. The summed E-state index contributed by atoms with van der Waals surface area (Å²) >= 11 is 3.49. The van der Waals surface area contributed by atoms with Gasteiger partial charge in [-0.1, -0.05) is 12.1 Å². The lowest BCUT2D eigenvalue weighted by Crippen LogP contribution is -2.52. The molecule has 0 aliphatic carbocycles. The van der Waals surface area contributed by atoms with Gasteiger partial charge in [0.25, 0.3) is 5.91 Å². The van der Waals surface area contributed by atoms with Crippen LogP contribution in [0.4, 0.5) is 19.0 Å². The van der Waals surface area contributed by atoms with E-state index < -0.39 is 12.1 Å². The fourth-order valence-electron chi connectivity index (χ4n) is 5.66. The van der Waals surface area contributed by atoms with Crippen molar-refractivity contribution in [3.63, 3.8) is 0 Å². The molecule has 12 nitrogen and oxygen atoms in total. The zero-order valence-corrected chi connectivity index (χ0v) is 27.1. The first-order valence-corrected chi connectivity index (χ1v) is 15.9. The molecule has 3 fully saturated rings. The van der Waals surface area contributed by atoms with Crippen LogP contribution in [0.15, 0.2) is 34.9 Å². The number of alkyl halides is 3. The number of carbonyl (C=O) groups excluding carboxylic acids is 1. The molecule has 4 heterocycles. The Labute approximate surface area is 274 Å². The largest absolute Gasteiger partial charge is 0.490 e. The Morgan fingerprint density at radius 2 is 1.70 bits per heavy atom. The van der Waals surface area contributed by atoms with Gasteiger partial charge in [0, 0.05) is 63.7 Å². The number of aliphatic carboxylic acids is 1. The number of benzene rings is 1. The fourth-order valence-corrected chi connectivity index (χ4v) is 6.05.